The minimum Gasteiger partial charge on any atom is -0.363 e. The van der Waals surface area contributed by atoms with Crippen molar-refractivity contribution in [1.82, 2.24) is 15.0 Å². The Bertz CT molecular complexity index is 805. The van der Waals surface area contributed by atoms with E-state index in [0.717, 1.165) is 31.4 Å². The third-order valence-electron chi connectivity index (χ3n) is 5.81. The third-order valence-corrected chi connectivity index (χ3v) is 5.81. The van der Waals surface area contributed by atoms with Gasteiger partial charge in [-0.3, -0.25) is 4.98 Å². The fourth-order valence-electron chi connectivity index (χ4n) is 4.36. The number of hydrogen-bond acceptors (Lipinski definition) is 1. The van der Waals surface area contributed by atoms with Gasteiger partial charge in [0, 0.05) is 30.0 Å². The fourth-order valence-corrected chi connectivity index (χ4v) is 4.36. The molecular formula is C23H31N3. The molecule has 0 saturated carbocycles. The van der Waals surface area contributed by atoms with Crippen molar-refractivity contribution in [3.63, 3.8) is 0 Å². The zero-order valence-corrected chi connectivity index (χ0v) is 16.7. The lowest BCUT2D eigenvalue weighted by atomic mass is 9.75. The van der Waals surface area contributed by atoms with Crippen LogP contribution in [0.3, 0.4) is 0 Å². The molecule has 0 aromatic carbocycles. The predicted molar refractivity (Wildman–Crippen MR) is 109 cm³/mol. The monoisotopic (exact) mass is 349 g/mol. The van der Waals surface area contributed by atoms with Crippen LogP contribution in [0.25, 0.3) is 0 Å². The fraction of sp³-hybridized carbons (Fsp3) is 0.435. The maximum Gasteiger partial charge on any atom is 0.0900 e. The number of pyridine rings is 1. The molecule has 3 nitrogen and oxygen atoms in total. The molecule has 0 bridgehead atoms. The Hall–Kier alpha value is -2.29. The number of nitrogens with one attached hydrogen (secondary N) is 2. The van der Waals surface area contributed by atoms with E-state index in [-0.39, 0.29) is 5.41 Å². The van der Waals surface area contributed by atoms with E-state index < -0.39 is 0 Å². The summed E-state index contributed by atoms with van der Waals surface area (Å²) in [4.78, 5) is 12.0. The van der Waals surface area contributed by atoms with Crippen molar-refractivity contribution in [2.45, 2.75) is 65.7 Å². The first-order chi connectivity index (χ1) is 12.6. The summed E-state index contributed by atoms with van der Waals surface area (Å²) >= 11 is 0. The summed E-state index contributed by atoms with van der Waals surface area (Å²) in [7, 11) is 0. The minimum atomic E-state index is -0.321. The van der Waals surface area contributed by atoms with Gasteiger partial charge in [-0.15, -0.1) is 0 Å². The van der Waals surface area contributed by atoms with Crippen molar-refractivity contribution in [1.29, 1.82) is 0 Å². The lowest BCUT2D eigenvalue weighted by Crippen LogP contribution is -2.30. The van der Waals surface area contributed by atoms with Gasteiger partial charge in [-0.25, -0.2) is 0 Å². The molecule has 3 rings (SSSR count). The molecule has 0 amide bonds. The van der Waals surface area contributed by atoms with E-state index in [1.165, 1.54) is 33.6 Å². The van der Waals surface area contributed by atoms with Gasteiger partial charge in [-0.2, -0.15) is 0 Å². The number of aryl methyl sites for hydroxylation is 2. The summed E-state index contributed by atoms with van der Waals surface area (Å²) < 4.78 is 0. The molecule has 0 saturated heterocycles. The van der Waals surface area contributed by atoms with Crippen LogP contribution < -0.4 is 0 Å². The van der Waals surface area contributed by atoms with Gasteiger partial charge in [0.15, 0.2) is 0 Å². The Labute approximate surface area is 157 Å². The standard InChI is InChI=1S/C23H31N3/c1-6-16-14-25-21(18(16)8-3)23(5,20-12-10-11-13-24-20)22-19(9-4)17(7-2)15-26-22/h10-15,25-26H,6-9H2,1-5H3. The van der Waals surface area contributed by atoms with Crippen LogP contribution in [0, 0.1) is 0 Å². The number of rotatable bonds is 7. The van der Waals surface area contributed by atoms with Crippen LogP contribution in [-0.2, 0) is 31.1 Å². The highest BCUT2D eigenvalue weighted by molar-refractivity contribution is 5.51. The molecule has 0 aliphatic rings. The molecule has 3 heteroatoms. The van der Waals surface area contributed by atoms with Gasteiger partial charge in [0.05, 0.1) is 11.1 Å². The van der Waals surface area contributed by atoms with Crippen molar-refractivity contribution in [3.05, 3.63) is 76.1 Å². The molecular weight excluding hydrogens is 318 g/mol. The number of aromatic amines is 2. The van der Waals surface area contributed by atoms with Crippen molar-refractivity contribution < 1.29 is 0 Å². The predicted octanol–water partition coefficient (Wildman–Crippen LogP) is 5.34. The first-order valence-corrected chi connectivity index (χ1v) is 9.92. The van der Waals surface area contributed by atoms with Gasteiger partial charge in [-0.05, 0) is 67.0 Å². The molecule has 0 unspecified atom stereocenters. The Kier molecular flexibility index (Phi) is 5.36. The lowest BCUT2D eigenvalue weighted by molar-refractivity contribution is 0.612. The molecule has 0 fully saturated rings. The van der Waals surface area contributed by atoms with Gasteiger partial charge in [-0.1, -0.05) is 33.8 Å². The summed E-state index contributed by atoms with van der Waals surface area (Å²) in [6.45, 7) is 11.3. The van der Waals surface area contributed by atoms with E-state index >= 15 is 0 Å². The van der Waals surface area contributed by atoms with E-state index in [0.29, 0.717) is 0 Å². The van der Waals surface area contributed by atoms with Gasteiger partial charge >= 0.3 is 0 Å². The van der Waals surface area contributed by atoms with E-state index in [9.17, 15) is 0 Å². The Morgan fingerprint density at radius 3 is 1.73 bits per heavy atom. The van der Waals surface area contributed by atoms with Crippen LogP contribution in [0.1, 0.15) is 74.0 Å². The van der Waals surface area contributed by atoms with E-state index in [2.05, 4.69) is 69.1 Å². The quantitative estimate of drug-likeness (QED) is 0.594. The summed E-state index contributed by atoms with van der Waals surface area (Å²) in [6, 6.07) is 6.23. The maximum atomic E-state index is 4.78. The van der Waals surface area contributed by atoms with Crippen molar-refractivity contribution in [2.75, 3.05) is 0 Å². The molecule has 3 heterocycles. The van der Waals surface area contributed by atoms with Gasteiger partial charge in [0.25, 0.3) is 0 Å². The van der Waals surface area contributed by atoms with Crippen molar-refractivity contribution >= 4 is 0 Å². The number of hydrogen-bond donors (Lipinski definition) is 2. The van der Waals surface area contributed by atoms with E-state index in [1.807, 2.05) is 12.3 Å². The molecule has 26 heavy (non-hydrogen) atoms. The molecule has 0 aliphatic carbocycles. The highest BCUT2D eigenvalue weighted by Crippen LogP contribution is 2.41. The van der Waals surface area contributed by atoms with Crippen LogP contribution in [0.15, 0.2) is 36.8 Å². The Morgan fingerprint density at radius 1 is 0.808 bits per heavy atom. The van der Waals surface area contributed by atoms with Gasteiger partial charge in [0.1, 0.15) is 0 Å². The highest BCUT2D eigenvalue weighted by Gasteiger charge is 2.39. The second-order valence-electron chi connectivity index (χ2n) is 7.09. The largest absolute Gasteiger partial charge is 0.363 e. The zero-order chi connectivity index (χ0) is 18.7. The highest BCUT2D eigenvalue weighted by atomic mass is 14.8. The number of aromatic nitrogens is 3. The average Bonchev–Trinajstić information content (AvgIpc) is 3.31. The van der Waals surface area contributed by atoms with Crippen LogP contribution in [0.5, 0.6) is 0 Å². The summed E-state index contributed by atoms with van der Waals surface area (Å²) in [6.07, 6.45) is 10.4. The Morgan fingerprint density at radius 2 is 1.35 bits per heavy atom. The average molecular weight is 350 g/mol. The SMILES string of the molecule is CCc1c[nH]c(C(C)(c2ccccn2)c2[nH]cc(CC)c2CC)c1CC. The van der Waals surface area contributed by atoms with Crippen LogP contribution in [-0.4, -0.2) is 15.0 Å². The number of nitrogens with zero attached hydrogens (tertiary/aromatic N) is 1. The summed E-state index contributed by atoms with van der Waals surface area (Å²) in [5.41, 5.74) is 8.97. The smallest absolute Gasteiger partial charge is 0.0900 e. The number of H-pyrrole nitrogens is 2. The molecule has 0 aliphatic heterocycles. The molecule has 2 N–H and O–H groups in total. The molecule has 0 radical (unpaired) electrons. The van der Waals surface area contributed by atoms with Crippen LogP contribution in [0.4, 0.5) is 0 Å². The third kappa shape index (κ3) is 2.80. The molecule has 0 atom stereocenters. The first-order valence-electron chi connectivity index (χ1n) is 9.92. The maximum absolute atomic E-state index is 4.78. The van der Waals surface area contributed by atoms with Crippen molar-refractivity contribution in [2.24, 2.45) is 0 Å². The topological polar surface area (TPSA) is 44.5 Å². The minimum absolute atomic E-state index is 0.321. The van der Waals surface area contributed by atoms with Crippen LogP contribution in [0.2, 0.25) is 0 Å². The summed E-state index contributed by atoms with van der Waals surface area (Å²) in [5.74, 6) is 0. The second kappa shape index (κ2) is 7.53. The Balaban J connectivity index is 2.32. The van der Waals surface area contributed by atoms with Gasteiger partial charge in [0.2, 0.25) is 0 Å². The normalized spacial score (nSPS) is 11.9. The zero-order valence-electron chi connectivity index (χ0n) is 16.7. The first kappa shape index (κ1) is 18.5. The van der Waals surface area contributed by atoms with Gasteiger partial charge < -0.3 is 9.97 Å². The molecule has 3 aromatic rings. The summed E-state index contributed by atoms with van der Waals surface area (Å²) in [5, 5.41) is 0. The lowest BCUT2D eigenvalue weighted by Gasteiger charge is -2.31. The van der Waals surface area contributed by atoms with Crippen LogP contribution >= 0.6 is 0 Å². The molecule has 0 spiro atoms. The van der Waals surface area contributed by atoms with E-state index in [4.69, 9.17) is 4.98 Å². The van der Waals surface area contributed by atoms with Crippen molar-refractivity contribution in [3.8, 4) is 0 Å². The molecule has 138 valence electrons. The second-order valence-corrected chi connectivity index (χ2v) is 7.09. The van der Waals surface area contributed by atoms with E-state index in [1.54, 1.807) is 0 Å². The molecule has 3 aromatic heterocycles.